The number of aliphatic hydroxyl groups is 1. The molecule has 0 spiro atoms. The molecule has 4 rings (SSSR count). The molecule has 0 atom stereocenters. The summed E-state index contributed by atoms with van der Waals surface area (Å²) >= 11 is 3.50. The second kappa shape index (κ2) is 10.5. The van der Waals surface area contributed by atoms with Gasteiger partial charge in [0, 0.05) is 6.54 Å². The second-order valence-corrected chi connectivity index (χ2v) is 9.21. The highest BCUT2D eigenvalue weighted by Crippen LogP contribution is 2.29. The van der Waals surface area contributed by atoms with Crippen molar-refractivity contribution in [2.24, 2.45) is 5.92 Å². The van der Waals surface area contributed by atoms with Gasteiger partial charge in [0.2, 0.25) is 5.43 Å². The van der Waals surface area contributed by atoms with Gasteiger partial charge in [0.1, 0.15) is 24.2 Å². The lowest BCUT2D eigenvalue weighted by atomic mass is 9.90. The van der Waals surface area contributed by atoms with Gasteiger partial charge in [-0.1, -0.05) is 12.1 Å². The molecular weight excluding hydrogens is 474 g/mol. The first kappa shape index (κ1) is 22.8. The number of ether oxygens (including phenoxy) is 1. The third-order valence-electron chi connectivity index (χ3n) is 6.11. The number of likely N-dealkylation sites (tertiary alicyclic amines) is 1. The minimum Gasteiger partial charge on any atom is -0.502 e. The van der Waals surface area contributed by atoms with Gasteiger partial charge in [0.25, 0.3) is 0 Å². The lowest BCUT2D eigenvalue weighted by Crippen LogP contribution is -2.35. The maximum absolute atomic E-state index is 12.1. The van der Waals surface area contributed by atoms with Crippen molar-refractivity contribution in [1.29, 1.82) is 0 Å². The molecule has 6 nitrogen and oxygen atoms in total. The Morgan fingerprint density at radius 1 is 1.12 bits per heavy atom. The van der Waals surface area contributed by atoms with Crippen LogP contribution in [0.1, 0.15) is 24.0 Å². The van der Waals surface area contributed by atoms with Crippen molar-refractivity contribution in [1.82, 2.24) is 4.90 Å². The van der Waals surface area contributed by atoms with Crippen LogP contribution in [0.3, 0.4) is 0 Å². The first-order chi connectivity index (χ1) is 15.5. The Balaban J connectivity index is 1.29. The summed E-state index contributed by atoms with van der Waals surface area (Å²) in [6.45, 7) is 3.37. The van der Waals surface area contributed by atoms with Crippen LogP contribution in [-0.2, 0) is 12.8 Å². The third-order valence-corrected chi connectivity index (χ3v) is 6.77. The summed E-state index contributed by atoms with van der Waals surface area (Å²) in [6, 6.07) is 11.8. The van der Waals surface area contributed by atoms with Gasteiger partial charge in [0.15, 0.2) is 5.75 Å². The van der Waals surface area contributed by atoms with Gasteiger partial charge in [0.05, 0.1) is 16.5 Å². The fourth-order valence-electron chi connectivity index (χ4n) is 4.30. The molecule has 0 amide bonds. The molecule has 2 heterocycles. The van der Waals surface area contributed by atoms with Crippen molar-refractivity contribution in [2.45, 2.75) is 25.7 Å². The summed E-state index contributed by atoms with van der Waals surface area (Å²) in [5, 5.41) is 19.0. The van der Waals surface area contributed by atoms with Gasteiger partial charge >= 0.3 is 0 Å². The molecule has 0 saturated carbocycles. The van der Waals surface area contributed by atoms with E-state index in [4.69, 9.17) is 14.3 Å². The van der Waals surface area contributed by atoms with Gasteiger partial charge in [-0.15, -0.1) is 0 Å². The van der Waals surface area contributed by atoms with E-state index in [1.165, 1.54) is 5.56 Å². The van der Waals surface area contributed by atoms with Crippen LogP contribution in [-0.4, -0.2) is 48.0 Å². The van der Waals surface area contributed by atoms with Crippen LogP contribution in [0.15, 0.2) is 56.3 Å². The first-order valence-corrected chi connectivity index (χ1v) is 11.8. The predicted molar refractivity (Wildman–Crippen MR) is 127 cm³/mol. The van der Waals surface area contributed by atoms with Crippen LogP contribution in [0.2, 0.25) is 0 Å². The Bertz CT molecular complexity index is 1120. The van der Waals surface area contributed by atoms with Crippen molar-refractivity contribution in [3.63, 3.8) is 0 Å². The molecule has 2 aromatic carbocycles. The number of benzene rings is 2. The predicted octanol–water partition coefficient (Wildman–Crippen LogP) is 4.13. The van der Waals surface area contributed by atoms with E-state index in [0.717, 1.165) is 67.4 Å². The highest BCUT2D eigenvalue weighted by molar-refractivity contribution is 9.10. The Morgan fingerprint density at radius 3 is 2.69 bits per heavy atom. The summed E-state index contributed by atoms with van der Waals surface area (Å²) in [4.78, 5) is 14.6. The molecule has 0 bridgehead atoms. The van der Waals surface area contributed by atoms with Crippen molar-refractivity contribution in [3.05, 3.63) is 68.5 Å². The number of piperidine rings is 1. The fourth-order valence-corrected chi connectivity index (χ4v) is 4.66. The molecular formula is C25H28BrNO5. The Kier molecular flexibility index (Phi) is 7.50. The highest BCUT2D eigenvalue weighted by atomic mass is 79.9. The number of rotatable bonds is 8. The Labute approximate surface area is 195 Å². The number of hydrogen-bond donors (Lipinski definition) is 2. The molecule has 1 aromatic heterocycles. The molecule has 0 unspecified atom stereocenters. The van der Waals surface area contributed by atoms with Gasteiger partial charge < -0.3 is 24.3 Å². The highest BCUT2D eigenvalue weighted by Gasteiger charge is 2.20. The van der Waals surface area contributed by atoms with Crippen molar-refractivity contribution < 1.29 is 19.4 Å². The third kappa shape index (κ3) is 5.52. The maximum atomic E-state index is 12.1. The van der Waals surface area contributed by atoms with Crippen molar-refractivity contribution >= 4 is 26.9 Å². The first-order valence-electron chi connectivity index (χ1n) is 11.0. The van der Waals surface area contributed by atoms with Crippen molar-refractivity contribution in [2.75, 3.05) is 32.8 Å². The minimum absolute atomic E-state index is 0.00416. The molecule has 32 heavy (non-hydrogen) atoms. The zero-order chi connectivity index (χ0) is 22.5. The zero-order valence-corrected chi connectivity index (χ0v) is 19.5. The number of aromatic hydroxyl groups is 1. The minimum atomic E-state index is -0.383. The average Bonchev–Trinajstić information content (AvgIpc) is 2.81. The van der Waals surface area contributed by atoms with Gasteiger partial charge in [-0.25, -0.2) is 0 Å². The summed E-state index contributed by atoms with van der Waals surface area (Å²) in [5.74, 6) is 1.08. The van der Waals surface area contributed by atoms with E-state index in [-0.39, 0.29) is 17.8 Å². The molecule has 1 aliphatic heterocycles. The summed E-state index contributed by atoms with van der Waals surface area (Å²) in [6.07, 6.45) is 5.27. The molecule has 1 fully saturated rings. The summed E-state index contributed by atoms with van der Waals surface area (Å²) < 4.78 is 11.8. The molecule has 3 aromatic rings. The van der Waals surface area contributed by atoms with Crippen LogP contribution >= 0.6 is 15.9 Å². The van der Waals surface area contributed by atoms with E-state index >= 15 is 0 Å². The van der Waals surface area contributed by atoms with Crippen LogP contribution in [0.4, 0.5) is 0 Å². The van der Waals surface area contributed by atoms with E-state index in [1.807, 2.05) is 18.2 Å². The monoisotopic (exact) mass is 501 g/mol. The molecule has 0 radical (unpaired) electrons. The standard InChI is InChI=1S/C25H28BrNO5/c26-21-3-1-19(15-24(21)31-12-11-28)13-18-6-9-27(10-7-18)8-5-17-2-4-23-20(14-17)25(30)22(29)16-32-23/h1-4,14-16,18,28-29H,5-13H2. The van der Waals surface area contributed by atoms with Crippen LogP contribution < -0.4 is 10.2 Å². The lowest BCUT2D eigenvalue weighted by Gasteiger charge is -2.32. The lowest BCUT2D eigenvalue weighted by molar-refractivity contribution is 0.185. The van der Waals surface area contributed by atoms with E-state index in [0.29, 0.717) is 23.5 Å². The van der Waals surface area contributed by atoms with E-state index in [1.54, 1.807) is 6.07 Å². The molecule has 7 heteroatoms. The number of hydrogen-bond acceptors (Lipinski definition) is 6. The van der Waals surface area contributed by atoms with Crippen LogP contribution in [0.5, 0.6) is 11.5 Å². The number of aliphatic hydroxyl groups excluding tert-OH is 1. The second-order valence-electron chi connectivity index (χ2n) is 8.36. The number of halogens is 1. The smallest absolute Gasteiger partial charge is 0.234 e. The van der Waals surface area contributed by atoms with Crippen molar-refractivity contribution in [3.8, 4) is 11.5 Å². The Hall–Kier alpha value is -2.35. The summed E-state index contributed by atoms with van der Waals surface area (Å²) in [5.41, 5.74) is 2.45. The zero-order valence-electron chi connectivity index (χ0n) is 17.9. The van der Waals surface area contributed by atoms with Crippen LogP contribution in [0.25, 0.3) is 11.0 Å². The number of fused-ring (bicyclic) bond motifs is 1. The molecule has 2 N–H and O–H groups in total. The van der Waals surface area contributed by atoms with E-state index in [9.17, 15) is 9.90 Å². The molecule has 1 aliphatic rings. The van der Waals surface area contributed by atoms with Crippen LogP contribution in [0, 0.1) is 5.92 Å². The normalized spacial score (nSPS) is 15.3. The van der Waals surface area contributed by atoms with Gasteiger partial charge in [-0.05, 0) is 96.0 Å². The average molecular weight is 502 g/mol. The Morgan fingerprint density at radius 2 is 1.91 bits per heavy atom. The maximum Gasteiger partial charge on any atom is 0.234 e. The van der Waals surface area contributed by atoms with Gasteiger partial charge in [-0.3, -0.25) is 4.79 Å². The fraction of sp³-hybridized carbons (Fsp3) is 0.400. The molecule has 0 aliphatic carbocycles. The summed E-state index contributed by atoms with van der Waals surface area (Å²) in [7, 11) is 0. The van der Waals surface area contributed by atoms with Gasteiger partial charge in [-0.2, -0.15) is 0 Å². The largest absolute Gasteiger partial charge is 0.502 e. The topological polar surface area (TPSA) is 83.1 Å². The SMILES string of the molecule is O=c1c(O)coc2ccc(CCN3CCC(Cc4ccc(Br)c(OCCO)c4)CC3)cc12. The van der Waals surface area contributed by atoms with E-state index in [2.05, 4.69) is 33.0 Å². The number of nitrogens with zero attached hydrogens (tertiary/aromatic N) is 1. The van der Waals surface area contributed by atoms with E-state index < -0.39 is 0 Å². The molecule has 1 saturated heterocycles. The quantitative estimate of drug-likeness (QED) is 0.482. The molecule has 170 valence electrons.